The van der Waals surface area contributed by atoms with Crippen LogP contribution in [-0.4, -0.2) is 31.6 Å². The van der Waals surface area contributed by atoms with E-state index in [1.807, 2.05) is 14.1 Å². The summed E-state index contributed by atoms with van der Waals surface area (Å²) in [5, 5.41) is 3.78. The molecule has 1 N–H and O–H groups in total. The van der Waals surface area contributed by atoms with Gasteiger partial charge < -0.3 is 10.2 Å². The van der Waals surface area contributed by atoms with Gasteiger partial charge in [-0.25, -0.2) is 4.39 Å². The van der Waals surface area contributed by atoms with Crippen LogP contribution in [0.5, 0.6) is 0 Å². The molecule has 0 fully saturated rings. The van der Waals surface area contributed by atoms with E-state index in [1.54, 1.807) is 12.1 Å². The molecule has 90 valence electrons. The monoisotopic (exact) mass is 244 g/mol. The highest BCUT2D eigenvalue weighted by atomic mass is 35.5. The van der Waals surface area contributed by atoms with Gasteiger partial charge in [0.05, 0.1) is 0 Å². The van der Waals surface area contributed by atoms with Gasteiger partial charge in [-0.1, -0.05) is 11.6 Å². The van der Waals surface area contributed by atoms with Crippen molar-refractivity contribution in [2.24, 2.45) is 0 Å². The summed E-state index contributed by atoms with van der Waals surface area (Å²) in [5.74, 6) is -0.214. The third-order valence-electron chi connectivity index (χ3n) is 2.64. The van der Waals surface area contributed by atoms with Gasteiger partial charge in [0.15, 0.2) is 0 Å². The van der Waals surface area contributed by atoms with Crippen molar-refractivity contribution in [2.45, 2.75) is 19.5 Å². The lowest BCUT2D eigenvalue weighted by Gasteiger charge is -2.20. The van der Waals surface area contributed by atoms with Crippen molar-refractivity contribution in [1.82, 2.24) is 10.2 Å². The smallest absolute Gasteiger partial charge is 0.127 e. The lowest BCUT2D eigenvalue weighted by Crippen LogP contribution is -2.35. The normalized spacial score (nSPS) is 13.1. The second-order valence-corrected chi connectivity index (χ2v) is 4.62. The Labute approximate surface area is 101 Å². The standard InChI is InChI=1S/C12H18ClFN2/c1-9(16(2)3)7-15-8-10-6-11(13)4-5-12(10)14/h4-6,9,15H,7-8H2,1-3H3. The molecule has 4 heteroatoms. The quantitative estimate of drug-likeness (QED) is 0.856. The molecule has 0 aliphatic heterocycles. The van der Waals surface area contributed by atoms with Gasteiger partial charge in [-0.2, -0.15) is 0 Å². The van der Waals surface area contributed by atoms with E-state index in [2.05, 4.69) is 17.1 Å². The van der Waals surface area contributed by atoms with Gasteiger partial charge in [0, 0.05) is 29.7 Å². The molecule has 1 atom stereocenters. The van der Waals surface area contributed by atoms with Gasteiger partial charge in [-0.3, -0.25) is 0 Å². The molecule has 0 aromatic heterocycles. The van der Waals surface area contributed by atoms with E-state index in [4.69, 9.17) is 11.6 Å². The van der Waals surface area contributed by atoms with Gasteiger partial charge in [0.2, 0.25) is 0 Å². The summed E-state index contributed by atoms with van der Waals surface area (Å²) in [6, 6.07) is 5.03. The zero-order valence-corrected chi connectivity index (χ0v) is 10.7. The van der Waals surface area contributed by atoms with Crippen LogP contribution in [-0.2, 0) is 6.54 Å². The third-order valence-corrected chi connectivity index (χ3v) is 2.88. The SMILES string of the molecule is CC(CNCc1cc(Cl)ccc1F)N(C)C. The molecule has 0 saturated heterocycles. The van der Waals surface area contributed by atoms with Crippen LogP contribution in [0.4, 0.5) is 4.39 Å². The van der Waals surface area contributed by atoms with E-state index in [-0.39, 0.29) is 5.82 Å². The maximum absolute atomic E-state index is 13.3. The predicted octanol–water partition coefficient (Wildman–Crippen LogP) is 2.52. The summed E-state index contributed by atoms with van der Waals surface area (Å²) >= 11 is 5.81. The van der Waals surface area contributed by atoms with Crippen LogP contribution in [0.2, 0.25) is 5.02 Å². The van der Waals surface area contributed by atoms with Crippen LogP contribution in [0.25, 0.3) is 0 Å². The Morgan fingerprint density at radius 1 is 1.44 bits per heavy atom. The molecule has 16 heavy (non-hydrogen) atoms. The van der Waals surface area contributed by atoms with Crippen LogP contribution >= 0.6 is 11.6 Å². The molecule has 0 bridgehead atoms. The number of hydrogen-bond acceptors (Lipinski definition) is 2. The van der Waals surface area contributed by atoms with E-state index < -0.39 is 0 Å². The largest absolute Gasteiger partial charge is 0.311 e. The second-order valence-electron chi connectivity index (χ2n) is 4.18. The fourth-order valence-corrected chi connectivity index (χ4v) is 1.47. The minimum Gasteiger partial charge on any atom is -0.311 e. The summed E-state index contributed by atoms with van der Waals surface area (Å²) in [6.45, 7) is 3.44. The van der Waals surface area contributed by atoms with Crippen LogP contribution in [0.15, 0.2) is 18.2 Å². The Morgan fingerprint density at radius 3 is 2.75 bits per heavy atom. The molecule has 1 aromatic rings. The molecule has 0 amide bonds. The minimum absolute atomic E-state index is 0.214. The van der Waals surface area contributed by atoms with E-state index in [9.17, 15) is 4.39 Å². The Balaban J connectivity index is 2.45. The van der Waals surface area contributed by atoms with Crippen molar-refractivity contribution in [3.05, 3.63) is 34.6 Å². The number of rotatable bonds is 5. The Hall–Kier alpha value is -0.640. The van der Waals surface area contributed by atoms with Crippen molar-refractivity contribution in [3.63, 3.8) is 0 Å². The zero-order valence-electron chi connectivity index (χ0n) is 9.93. The second kappa shape index (κ2) is 6.18. The summed E-state index contributed by atoms with van der Waals surface area (Å²) in [6.07, 6.45) is 0. The Kier molecular flexibility index (Phi) is 5.19. The molecule has 2 nitrogen and oxygen atoms in total. The van der Waals surface area contributed by atoms with Gasteiger partial charge in [0.25, 0.3) is 0 Å². The minimum atomic E-state index is -0.214. The fraction of sp³-hybridized carbons (Fsp3) is 0.500. The molecule has 0 radical (unpaired) electrons. The summed E-state index contributed by atoms with van der Waals surface area (Å²) in [4.78, 5) is 2.11. The lowest BCUT2D eigenvalue weighted by atomic mass is 10.2. The van der Waals surface area contributed by atoms with Crippen LogP contribution < -0.4 is 5.32 Å². The Morgan fingerprint density at radius 2 is 2.12 bits per heavy atom. The zero-order chi connectivity index (χ0) is 12.1. The lowest BCUT2D eigenvalue weighted by molar-refractivity contribution is 0.302. The molecular formula is C12H18ClFN2. The number of nitrogens with one attached hydrogen (secondary N) is 1. The first-order valence-electron chi connectivity index (χ1n) is 5.31. The fourth-order valence-electron chi connectivity index (χ4n) is 1.28. The average Bonchev–Trinajstić information content (AvgIpc) is 2.22. The number of benzene rings is 1. The van der Waals surface area contributed by atoms with Gasteiger partial charge in [-0.05, 0) is 39.2 Å². The molecule has 1 aromatic carbocycles. The first-order valence-corrected chi connectivity index (χ1v) is 5.69. The molecule has 1 unspecified atom stereocenters. The molecular weight excluding hydrogens is 227 g/mol. The molecule has 0 aliphatic carbocycles. The third kappa shape index (κ3) is 4.08. The number of halogens is 2. The van der Waals surface area contributed by atoms with Gasteiger partial charge in [0.1, 0.15) is 5.82 Å². The van der Waals surface area contributed by atoms with Crippen molar-refractivity contribution in [2.75, 3.05) is 20.6 Å². The maximum atomic E-state index is 13.3. The summed E-state index contributed by atoms with van der Waals surface area (Å²) in [5.41, 5.74) is 0.610. The van der Waals surface area contributed by atoms with E-state index in [0.29, 0.717) is 23.2 Å². The van der Waals surface area contributed by atoms with E-state index >= 15 is 0 Å². The molecule has 0 spiro atoms. The molecule has 0 saturated carbocycles. The first-order chi connectivity index (χ1) is 7.50. The molecule has 0 aliphatic rings. The van der Waals surface area contributed by atoms with Crippen LogP contribution in [0.3, 0.4) is 0 Å². The average molecular weight is 245 g/mol. The van der Waals surface area contributed by atoms with Crippen molar-refractivity contribution < 1.29 is 4.39 Å². The highest BCUT2D eigenvalue weighted by molar-refractivity contribution is 6.30. The van der Waals surface area contributed by atoms with E-state index in [1.165, 1.54) is 6.07 Å². The highest BCUT2D eigenvalue weighted by Crippen LogP contribution is 2.14. The maximum Gasteiger partial charge on any atom is 0.127 e. The first kappa shape index (κ1) is 13.4. The molecule has 0 heterocycles. The van der Waals surface area contributed by atoms with Gasteiger partial charge >= 0.3 is 0 Å². The van der Waals surface area contributed by atoms with Gasteiger partial charge in [-0.15, -0.1) is 0 Å². The van der Waals surface area contributed by atoms with Crippen LogP contribution in [0, 0.1) is 5.82 Å². The number of nitrogens with zero attached hydrogens (tertiary/aromatic N) is 1. The summed E-state index contributed by atoms with van der Waals surface area (Å²) < 4.78 is 13.3. The Bertz CT molecular complexity index is 342. The van der Waals surface area contributed by atoms with Crippen molar-refractivity contribution >= 4 is 11.6 Å². The van der Waals surface area contributed by atoms with E-state index in [0.717, 1.165) is 6.54 Å². The van der Waals surface area contributed by atoms with Crippen LogP contribution in [0.1, 0.15) is 12.5 Å². The predicted molar refractivity (Wildman–Crippen MR) is 66.3 cm³/mol. The number of hydrogen-bond donors (Lipinski definition) is 1. The molecule has 1 rings (SSSR count). The van der Waals surface area contributed by atoms with Crippen molar-refractivity contribution in [1.29, 1.82) is 0 Å². The highest BCUT2D eigenvalue weighted by Gasteiger charge is 2.05. The van der Waals surface area contributed by atoms with Crippen molar-refractivity contribution in [3.8, 4) is 0 Å². The summed E-state index contributed by atoms with van der Waals surface area (Å²) in [7, 11) is 4.04. The topological polar surface area (TPSA) is 15.3 Å². The number of likely N-dealkylation sites (N-methyl/N-ethyl adjacent to an activating group) is 1.